The summed E-state index contributed by atoms with van der Waals surface area (Å²) in [5.74, 6) is 0.297. The molecule has 1 aliphatic rings. The van der Waals surface area contributed by atoms with Crippen molar-refractivity contribution in [3.63, 3.8) is 0 Å². The van der Waals surface area contributed by atoms with Gasteiger partial charge in [0, 0.05) is 37.0 Å². The second kappa shape index (κ2) is 6.96. The van der Waals surface area contributed by atoms with Crippen LogP contribution in [-0.4, -0.2) is 28.0 Å². The number of hydrogen-bond donors (Lipinski definition) is 0. The van der Waals surface area contributed by atoms with Crippen molar-refractivity contribution in [1.82, 2.24) is 9.97 Å². The van der Waals surface area contributed by atoms with Crippen molar-refractivity contribution in [2.24, 2.45) is 0 Å². The van der Waals surface area contributed by atoms with Crippen molar-refractivity contribution in [2.45, 2.75) is 32.9 Å². The molecular formula is C16H16F2N4O3. The number of nitro groups is 1. The van der Waals surface area contributed by atoms with Crippen molar-refractivity contribution in [2.75, 3.05) is 11.4 Å². The van der Waals surface area contributed by atoms with Gasteiger partial charge in [-0.2, -0.15) is 8.78 Å². The lowest BCUT2D eigenvalue weighted by Crippen LogP contribution is -2.31. The van der Waals surface area contributed by atoms with Gasteiger partial charge in [-0.05, 0) is 18.1 Å². The van der Waals surface area contributed by atoms with Gasteiger partial charge in [-0.25, -0.2) is 9.97 Å². The third kappa shape index (κ3) is 3.65. The number of hydrogen-bond acceptors (Lipinski definition) is 6. The van der Waals surface area contributed by atoms with Crippen LogP contribution in [0.2, 0.25) is 0 Å². The van der Waals surface area contributed by atoms with Gasteiger partial charge in [0.2, 0.25) is 5.75 Å². The normalized spacial score (nSPS) is 13.7. The van der Waals surface area contributed by atoms with Crippen molar-refractivity contribution in [1.29, 1.82) is 0 Å². The van der Waals surface area contributed by atoms with Gasteiger partial charge in [0.15, 0.2) is 0 Å². The molecule has 0 atom stereocenters. The van der Waals surface area contributed by atoms with Gasteiger partial charge in [0.1, 0.15) is 5.82 Å². The van der Waals surface area contributed by atoms with E-state index >= 15 is 0 Å². The minimum atomic E-state index is -3.13. The second-order valence-electron chi connectivity index (χ2n) is 5.57. The molecular weight excluding hydrogens is 334 g/mol. The summed E-state index contributed by atoms with van der Waals surface area (Å²) in [6.45, 7) is -0.0483. The van der Waals surface area contributed by atoms with Crippen LogP contribution in [0.4, 0.5) is 20.2 Å². The molecule has 0 saturated heterocycles. The molecule has 3 rings (SSSR count). The predicted molar refractivity (Wildman–Crippen MR) is 85.9 cm³/mol. The van der Waals surface area contributed by atoms with E-state index in [-0.39, 0.29) is 0 Å². The fraction of sp³-hybridized carbons (Fsp3) is 0.375. The van der Waals surface area contributed by atoms with Crippen LogP contribution in [0, 0.1) is 10.1 Å². The van der Waals surface area contributed by atoms with Crippen molar-refractivity contribution < 1.29 is 18.4 Å². The molecule has 7 nitrogen and oxygen atoms in total. The molecule has 0 radical (unpaired) electrons. The van der Waals surface area contributed by atoms with Gasteiger partial charge in [-0.1, -0.05) is 6.92 Å². The number of aryl methyl sites for hydroxylation is 1. The number of ether oxygens (including phenoxy) is 1. The molecule has 1 aliphatic heterocycles. The third-order valence-corrected chi connectivity index (χ3v) is 4.03. The Morgan fingerprint density at radius 2 is 2.24 bits per heavy atom. The first-order valence-electron chi connectivity index (χ1n) is 7.79. The highest BCUT2D eigenvalue weighted by Gasteiger charge is 2.23. The zero-order chi connectivity index (χ0) is 18.0. The van der Waals surface area contributed by atoms with E-state index < -0.39 is 23.0 Å². The molecule has 0 amide bonds. The minimum absolute atomic E-state index is 0.444. The summed E-state index contributed by atoms with van der Waals surface area (Å²) in [6.07, 6.45) is 3.25. The van der Waals surface area contributed by atoms with Gasteiger partial charge in [0.05, 0.1) is 17.2 Å². The molecule has 1 aromatic heterocycles. The Kier molecular flexibility index (Phi) is 4.73. The fourth-order valence-corrected chi connectivity index (χ4v) is 2.78. The van der Waals surface area contributed by atoms with Crippen LogP contribution in [0.5, 0.6) is 5.75 Å². The van der Waals surface area contributed by atoms with Crippen LogP contribution in [0.25, 0.3) is 0 Å². The minimum Gasteiger partial charge on any atom is -0.427 e. The maximum absolute atomic E-state index is 12.5. The number of benzene rings is 1. The van der Waals surface area contributed by atoms with Gasteiger partial charge in [0.25, 0.3) is 0 Å². The summed E-state index contributed by atoms with van der Waals surface area (Å²) in [5, 5.41) is 11.0. The van der Waals surface area contributed by atoms with Crippen molar-refractivity contribution in [3.8, 4) is 5.75 Å². The van der Waals surface area contributed by atoms with Gasteiger partial charge in [-0.3, -0.25) is 10.1 Å². The number of alkyl halides is 2. The Hall–Kier alpha value is -2.84. The lowest BCUT2D eigenvalue weighted by Gasteiger charge is -2.30. The molecule has 25 heavy (non-hydrogen) atoms. The van der Waals surface area contributed by atoms with E-state index in [1.54, 1.807) is 0 Å². The second-order valence-corrected chi connectivity index (χ2v) is 5.57. The topological polar surface area (TPSA) is 81.4 Å². The maximum Gasteiger partial charge on any atom is 0.387 e. The molecule has 132 valence electrons. The Bertz CT molecular complexity index is 801. The Morgan fingerprint density at radius 1 is 1.44 bits per heavy atom. The molecule has 2 heterocycles. The van der Waals surface area contributed by atoms with E-state index in [4.69, 9.17) is 0 Å². The average molecular weight is 350 g/mol. The summed E-state index contributed by atoms with van der Waals surface area (Å²) in [5.41, 5.74) is 2.02. The number of aromatic nitrogens is 2. The highest BCUT2D eigenvalue weighted by atomic mass is 19.3. The van der Waals surface area contributed by atoms with Crippen molar-refractivity contribution >= 4 is 11.4 Å². The number of nitro benzene ring substituents is 1. The number of fused-ring (bicyclic) bond motifs is 1. The molecule has 0 spiro atoms. The first-order valence-corrected chi connectivity index (χ1v) is 7.79. The van der Waals surface area contributed by atoms with E-state index in [2.05, 4.69) is 14.7 Å². The first-order chi connectivity index (χ1) is 12.0. The van der Waals surface area contributed by atoms with E-state index in [0.717, 1.165) is 23.5 Å². The van der Waals surface area contributed by atoms with Crippen LogP contribution in [0.3, 0.4) is 0 Å². The van der Waals surface area contributed by atoms with Gasteiger partial charge < -0.3 is 9.64 Å². The smallest absolute Gasteiger partial charge is 0.387 e. The summed E-state index contributed by atoms with van der Waals surface area (Å²) in [6, 6.07) is 3.99. The zero-order valence-electron chi connectivity index (χ0n) is 13.5. The summed E-state index contributed by atoms with van der Waals surface area (Å²) in [7, 11) is 0. The van der Waals surface area contributed by atoms with Crippen LogP contribution in [0.1, 0.15) is 24.0 Å². The Morgan fingerprint density at radius 3 is 2.92 bits per heavy atom. The number of nitrogens with zero attached hydrogens (tertiary/aromatic N) is 4. The number of rotatable bonds is 5. The molecule has 0 saturated carbocycles. The number of halogens is 2. The SMILES string of the molecule is CCc1ncc2c(n1)CN(c1ccc([N+](=O)[O-])c(OC(F)F)c1)CC2. The standard InChI is InChI=1S/C16H16F2N4O3/c1-2-15-19-8-10-5-6-21(9-12(10)20-15)11-3-4-13(22(23)24)14(7-11)25-16(17)18/h3-4,7-8,16H,2,5-6,9H2,1H3. The fourth-order valence-electron chi connectivity index (χ4n) is 2.78. The molecule has 9 heteroatoms. The lowest BCUT2D eigenvalue weighted by molar-refractivity contribution is -0.386. The molecule has 0 bridgehead atoms. The highest BCUT2D eigenvalue weighted by molar-refractivity contribution is 5.60. The molecule has 2 aromatic rings. The Labute approximate surface area is 142 Å². The molecule has 0 N–H and O–H groups in total. The molecule has 1 aromatic carbocycles. The van der Waals surface area contributed by atoms with Crippen LogP contribution >= 0.6 is 0 Å². The number of anilines is 1. The Balaban J connectivity index is 1.90. The van der Waals surface area contributed by atoms with Gasteiger partial charge >= 0.3 is 12.3 Å². The summed E-state index contributed by atoms with van der Waals surface area (Å²) < 4.78 is 29.4. The largest absolute Gasteiger partial charge is 0.427 e. The zero-order valence-corrected chi connectivity index (χ0v) is 13.5. The van der Waals surface area contributed by atoms with E-state index in [1.165, 1.54) is 18.2 Å². The van der Waals surface area contributed by atoms with Crippen LogP contribution < -0.4 is 9.64 Å². The van der Waals surface area contributed by atoms with E-state index in [9.17, 15) is 18.9 Å². The predicted octanol–water partition coefficient (Wildman–Crippen LogP) is 3.11. The summed E-state index contributed by atoms with van der Waals surface area (Å²) >= 11 is 0. The average Bonchev–Trinajstić information content (AvgIpc) is 2.59. The lowest BCUT2D eigenvalue weighted by atomic mass is 10.1. The third-order valence-electron chi connectivity index (χ3n) is 4.03. The first kappa shape index (κ1) is 17.0. The van der Waals surface area contributed by atoms with Crippen molar-refractivity contribution in [3.05, 3.63) is 51.6 Å². The highest BCUT2D eigenvalue weighted by Crippen LogP contribution is 2.34. The van der Waals surface area contributed by atoms with E-state index in [0.29, 0.717) is 25.2 Å². The maximum atomic E-state index is 12.5. The molecule has 0 aliphatic carbocycles. The molecule has 0 fully saturated rings. The molecule has 0 unspecified atom stereocenters. The quantitative estimate of drug-likeness (QED) is 0.609. The summed E-state index contributed by atoms with van der Waals surface area (Å²) in [4.78, 5) is 21.0. The van der Waals surface area contributed by atoms with Crippen LogP contribution in [-0.2, 0) is 19.4 Å². The monoisotopic (exact) mass is 350 g/mol. The van der Waals surface area contributed by atoms with Gasteiger partial charge in [-0.15, -0.1) is 0 Å². The van der Waals surface area contributed by atoms with E-state index in [1.807, 2.05) is 18.0 Å². The van der Waals surface area contributed by atoms with Crippen LogP contribution in [0.15, 0.2) is 24.4 Å².